The van der Waals surface area contributed by atoms with Crippen LogP contribution >= 0.6 is 11.3 Å². The highest BCUT2D eigenvalue weighted by atomic mass is 32.1. The molecule has 1 N–H and O–H groups in total. The molecule has 6 nitrogen and oxygen atoms in total. The molecule has 0 atom stereocenters. The fourth-order valence-electron chi connectivity index (χ4n) is 2.53. The molecule has 130 valence electrons. The minimum Gasteiger partial charge on any atom is -0.430 e. The lowest BCUT2D eigenvalue weighted by atomic mass is 10.1. The number of benzene rings is 2. The summed E-state index contributed by atoms with van der Waals surface area (Å²) in [6.07, 6.45) is 1.85. The van der Waals surface area contributed by atoms with Crippen molar-refractivity contribution < 1.29 is 9.53 Å². The molecule has 4 rings (SSSR count). The average molecular weight is 364 g/mol. The summed E-state index contributed by atoms with van der Waals surface area (Å²) in [6, 6.07) is 14.7. The zero-order valence-corrected chi connectivity index (χ0v) is 15.1. The Morgan fingerprint density at radius 3 is 2.69 bits per heavy atom. The molecule has 2 aromatic heterocycles. The summed E-state index contributed by atoms with van der Waals surface area (Å²) in [5, 5.41) is 7.72. The SMILES string of the molecule is Cc1cccc(C(=O)Nc2ccc(Oc3nn4cc(C)nc4s3)cc2)c1. The van der Waals surface area contributed by atoms with Gasteiger partial charge in [0.2, 0.25) is 4.96 Å². The molecule has 1 amide bonds. The van der Waals surface area contributed by atoms with Crippen LogP contribution < -0.4 is 10.1 Å². The fourth-order valence-corrected chi connectivity index (χ4v) is 3.33. The van der Waals surface area contributed by atoms with E-state index in [0.29, 0.717) is 22.2 Å². The predicted octanol–water partition coefficient (Wildman–Crippen LogP) is 4.45. The molecule has 7 heteroatoms. The van der Waals surface area contributed by atoms with E-state index in [1.54, 1.807) is 34.8 Å². The van der Waals surface area contributed by atoms with Crippen LogP contribution in [-0.4, -0.2) is 20.5 Å². The molecule has 26 heavy (non-hydrogen) atoms. The Morgan fingerprint density at radius 1 is 1.15 bits per heavy atom. The minimum atomic E-state index is -0.140. The number of rotatable bonds is 4. The number of nitrogens with one attached hydrogen (secondary N) is 1. The molecule has 2 heterocycles. The van der Waals surface area contributed by atoms with Gasteiger partial charge >= 0.3 is 0 Å². The van der Waals surface area contributed by atoms with Gasteiger partial charge in [0, 0.05) is 11.3 Å². The first kappa shape index (κ1) is 16.3. The number of carbonyl (C=O) groups excluding carboxylic acids is 1. The second kappa shape index (κ2) is 6.61. The van der Waals surface area contributed by atoms with Crippen molar-refractivity contribution >= 4 is 27.9 Å². The third kappa shape index (κ3) is 3.43. The molecule has 0 unspecified atom stereocenters. The van der Waals surface area contributed by atoms with Crippen molar-refractivity contribution in [3.63, 3.8) is 0 Å². The van der Waals surface area contributed by atoms with Crippen molar-refractivity contribution in [2.45, 2.75) is 13.8 Å². The van der Waals surface area contributed by atoms with Crippen molar-refractivity contribution in [3.05, 3.63) is 71.5 Å². The molecule has 0 bridgehead atoms. The monoisotopic (exact) mass is 364 g/mol. The van der Waals surface area contributed by atoms with E-state index in [0.717, 1.165) is 16.2 Å². The van der Waals surface area contributed by atoms with Gasteiger partial charge in [0.05, 0.1) is 11.9 Å². The Morgan fingerprint density at radius 2 is 1.96 bits per heavy atom. The van der Waals surface area contributed by atoms with Crippen LogP contribution in [0.15, 0.2) is 54.7 Å². The lowest BCUT2D eigenvalue weighted by Crippen LogP contribution is -2.11. The molecular weight excluding hydrogens is 348 g/mol. The Balaban J connectivity index is 1.44. The van der Waals surface area contributed by atoms with Crippen LogP contribution in [0.5, 0.6) is 10.9 Å². The van der Waals surface area contributed by atoms with Gasteiger partial charge in [-0.3, -0.25) is 4.79 Å². The maximum absolute atomic E-state index is 12.3. The third-order valence-corrected chi connectivity index (χ3v) is 4.54. The van der Waals surface area contributed by atoms with Gasteiger partial charge < -0.3 is 10.1 Å². The lowest BCUT2D eigenvalue weighted by molar-refractivity contribution is 0.102. The topological polar surface area (TPSA) is 68.5 Å². The average Bonchev–Trinajstić information content (AvgIpc) is 3.13. The van der Waals surface area contributed by atoms with Gasteiger partial charge in [-0.2, -0.15) is 0 Å². The quantitative estimate of drug-likeness (QED) is 0.581. The summed E-state index contributed by atoms with van der Waals surface area (Å²) in [5.41, 5.74) is 3.30. The van der Waals surface area contributed by atoms with Crippen LogP contribution in [0, 0.1) is 13.8 Å². The fraction of sp³-hybridized carbons (Fsp3) is 0.105. The minimum absolute atomic E-state index is 0.140. The van der Waals surface area contributed by atoms with Crippen molar-refractivity contribution in [1.29, 1.82) is 0 Å². The van der Waals surface area contributed by atoms with Crippen LogP contribution in [0.25, 0.3) is 4.96 Å². The second-order valence-corrected chi connectivity index (χ2v) is 6.85. The molecule has 0 radical (unpaired) electrons. The van der Waals surface area contributed by atoms with E-state index in [1.807, 2.05) is 38.2 Å². The van der Waals surface area contributed by atoms with Crippen molar-refractivity contribution in [2.75, 3.05) is 5.32 Å². The van der Waals surface area contributed by atoms with E-state index < -0.39 is 0 Å². The molecule has 0 saturated carbocycles. The number of ether oxygens (including phenoxy) is 1. The van der Waals surface area contributed by atoms with E-state index in [-0.39, 0.29) is 5.91 Å². The first-order valence-corrected chi connectivity index (χ1v) is 8.87. The summed E-state index contributed by atoms with van der Waals surface area (Å²) >= 11 is 1.38. The number of hydrogen-bond donors (Lipinski definition) is 1. The summed E-state index contributed by atoms with van der Waals surface area (Å²) in [4.78, 5) is 17.4. The molecule has 0 aliphatic rings. The van der Waals surface area contributed by atoms with Gasteiger partial charge in [-0.05, 0) is 61.6 Å². The Kier molecular flexibility index (Phi) is 4.14. The van der Waals surface area contributed by atoms with Crippen LogP contribution in [0.3, 0.4) is 0 Å². The van der Waals surface area contributed by atoms with Gasteiger partial charge in [-0.25, -0.2) is 9.50 Å². The van der Waals surface area contributed by atoms with Crippen LogP contribution in [0.2, 0.25) is 0 Å². The highest BCUT2D eigenvalue weighted by Gasteiger charge is 2.09. The van der Waals surface area contributed by atoms with Gasteiger partial charge in [0.15, 0.2) is 0 Å². The molecule has 0 aliphatic carbocycles. The van der Waals surface area contributed by atoms with Crippen molar-refractivity contribution in [2.24, 2.45) is 0 Å². The predicted molar refractivity (Wildman–Crippen MR) is 101 cm³/mol. The third-order valence-electron chi connectivity index (χ3n) is 3.74. The van der Waals surface area contributed by atoms with Crippen LogP contribution in [0.1, 0.15) is 21.6 Å². The molecule has 2 aromatic carbocycles. The number of amides is 1. The van der Waals surface area contributed by atoms with Gasteiger partial charge in [-0.1, -0.05) is 17.7 Å². The number of carbonyl (C=O) groups is 1. The summed E-state index contributed by atoms with van der Waals surface area (Å²) in [5.74, 6) is 0.506. The van der Waals surface area contributed by atoms with E-state index >= 15 is 0 Å². The van der Waals surface area contributed by atoms with Crippen molar-refractivity contribution in [1.82, 2.24) is 14.6 Å². The molecule has 4 aromatic rings. The highest BCUT2D eigenvalue weighted by molar-refractivity contribution is 7.18. The first-order valence-electron chi connectivity index (χ1n) is 8.05. The van der Waals surface area contributed by atoms with Crippen molar-refractivity contribution in [3.8, 4) is 10.9 Å². The Hall–Kier alpha value is -3.19. The van der Waals surface area contributed by atoms with E-state index in [2.05, 4.69) is 15.4 Å². The smallest absolute Gasteiger partial charge is 0.299 e. The molecule has 0 spiro atoms. The number of imidazole rings is 1. The number of anilines is 1. The lowest BCUT2D eigenvalue weighted by Gasteiger charge is -2.07. The molecule has 0 saturated heterocycles. The zero-order valence-electron chi connectivity index (χ0n) is 14.3. The molecular formula is C19H16N4O2S. The zero-order chi connectivity index (χ0) is 18.1. The standard InChI is InChI=1S/C19H16N4O2S/c1-12-4-3-5-14(10-12)17(24)21-15-6-8-16(9-7-15)25-19-22-23-11-13(2)20-18(23)26-19/h3-11H,1-2H3,(H,21,24). The van der Waals surface area contributed by atoms with Gasteiger partial charge in [-0.15, -0.1) is 5.10 Å². The Bertz CT molecular complexity index is 1050. The summed E-state index contributed by atoms with van der Waals surface area (Å²) in [7, 11) is 0. The maximum Gasteiger partial charge on any atom is 0.299 e. The number of aryl methyl sites for hydroxylation is 2. The number of nitrogens with zero attached hydrogens (tertiary/aromatic N) is 3. The highest BCUT2D eigenvalue weighted by Crippen LogP contribution is 2.27. The molecule has 0 aliphatic heterocycles. The van der Waals surface area contributed by atoms with Gasteiger partial charge in [0.1, 0.15) is 5.75 Å². The van der Waals surface area contributed by atoms with Gasteiger partial charge in [0.25, 0.3) is 11.1 Å². The number of hydrogen-bond acceptors (Lipinski definition) is 5. The van der Waals surface area contributed by atoms with E-state index in [1.165, 1.54) is 11.3 Å². The number of fused-ring (bicyclic) bond motifs is 1. The van der Waals surface area contributed by atoms with Crippen LogP contribution in [-0.2, 0) is 0 Å². The van der Waals surface area contributed by atoms with Crippen LogP contribution in [0.4, 0.5) is 5.69 Å². The first-order chi connectivity index (χ1) is 12.6. The largest absolute Gasteiger partial charge is 0.430 e. The summed E-state index contributed by atoms with van der Waals surface area (Å²) in [6.45, 7) is 3.88. The van der Waals surface area contributed by atoms with E-state index in [9.17, 15) is 4.79 Å². The maximum atomic E-state index is 12.3. The second-order valence-electron chi connectivity index (χ2n) is 5.93. The number of aromatic nitrogens is 3. The summed E-state index contributed by atoms with van der Waals surface area (Å²) < 4.78 is 7.46. The normalized spacial score (nSPS) is 10.8. The Labute approximate surface area is 154 Å². The molecule has 0 fully saturated rings. The van der Waals surface area contributed by atoms with E-state index in [4.69, 9.17) is 4.74 Å².